The number of Topliss-reactive ketones (excluding diaryl/α,β-unsaturated/α-hetero) is 1. The number of aliphatic hydroxyl groups excluding tert-OH is 1. The molecule has 3 aromatic carbocycles. The first-order valence-corrected chi connectivity index (χ1v) is 13.3. The van der Waals surface area contributed by atoms with E-state index in [0.29, 0.717) is 23.4 Å². The van der Waals surface area contributed by atoms with Crippen molar-refractivity contribution in [3.8, 4) is 5.75 Å². The van der Waals surface area contributed by atoms with E-state index in [9.17, 15) is 24.8 Å². The number of nitro benzene ring substituents is 1. The van der Waals surface area contributed by atoms with E-state index in [2.05, 4.69) is 4.98 Å². The van der Waals surface area contributed by atoms with Gasteiger partial charge in [-0.3, -0.25) is 24.6 Å². The van der Waals surface area contributed by atoms with Crippen molar-refractivity contribution in [1.82, 2.24) is 4.98 Å². The van der Waals surface area contributed by atoms with E-state index in [1.165, 1.54) is 34.4 Å². The monoisotopic (exact) mass is 543 g/mol. The number of anilines is 1. The Labute approximate surface area is 228 Å². The number of nitrogens with zero attached hydrogens (tertiary/aromatic N) is 3. The molecule has 1 amide bonds. The molecule has 198 valence electrons. The van der Waals surface area contributed by atoms with Gasteiger partial charge in [-0.2, -0.15) is 0 Å². The number of rotatable bonds is 8. The Balaban J connectivity index is 1.68. The lowest BCUT2D eigenvalue weighted by Gasteiger charge is -2.22. The van der Waals surface area contributed by atoms with Gasteiger partial charge in [0.25, 0.3) is 11.5 Å². The summed E-state index contributed by atoms with van der Waals surface area (Å²) in [5, 5.41) is 23.2. The van der Waals surface area contributed by atoms with E-state index < -0.39 is 28.4 Å². The lowest BCUT2D eigenvalue weighted by molar-refractivity contribution is -0.384. The molecule has 0 radical (unpaired) electrons. The molecule has 10 heteroatoms. The van der Waals surface area contributed by atoms with Gasteiger partial charge in [-0.1, -0.05) is 55.0 Å². The number of ether oxygens (including phenoxy) is 1. The van der Waals surface area contributed by atoms with Crippen molar-refractivity contribution in [2.75, 3.05) is 11.5 Å². The van der Waals surface area contributed by atoms with Crippen LogP contribution in [-0.4, -0.2) is 33.3 Å². The minimum atomic E-state index is -1.13. The van der Waals surface area contributed by atoms with E-state index in [1.54, 1.807) is 30.3 Å². The van der Waals surface area contributed by atoms with Crippen LogP contribution < -0.4 is 9.64 Å². The number of unbranched alkanes of at least 4 members (excludes halogenated alkanes) is 1. The van der Waals surface area contributed by atoms with Crippen LogP contribution in [0.5, 0.6) is 5.75 Å². The Morgan fingerprint density at radius 3 is 2.69 bits per heavy atom. The summed E-state index contributed by atoms with van der Waals surface area (Å²) >= 11 is 1.23. The van der Waals surface area contributed by atoms with Gasteiger partial charge in [0, 0.05) is 17.7 Å². The Morgan fingerprint density at radius 2 is 1.92 bits per heavy atom. The van der Waals surface area contributed by atoms with Crippen LogP contribution in [0, 0.1) is 17.0 Å². The van der Waals surface area contributed by atoms with E-state index in [1.807, 2.05) is 32.0 Å². The van der Waals surface area contributed by atoms with Crippen LogP contribution in [0.3, 0.4) is 0 Å². The number of carbonyl (C=O) groups is 2. The summed E-state index contributed by atoms with van der Waals surface area (Å²) in [7, 11) is 0. The molecule has 39 heavy (non-hydrogen) atoms. The fourth-order valence-corrected chi connectivity index (χ4v) is 5.59. The molecule has 0 saturated carbocycles. The molecule has 4 aromatic rings. The number of amides is 1. The third-order valence-corrected chi connectivity index (χ3v) is 7.47. The molecule has 1 atom stereocenters. The summed E-state index contributed by atoms with van der Waals surface area (Å²) in [6.07, 6.45) is 1.81. The number of aliphatic hydroxyl groups is 1. The zero-order valence-corrected chi connectivity index (χ0v) is 22.1. The third kappa shape index (κ3) is 4.98. The lowest BCUT2D eigenvalue weighted by atomic mass is 9.95. The van der Waals surface area contributed by atoms with Crippen LogP contribution in [0.4, 0.5) is 10.8 Å². The van der Waals surface area contributed by atoms with Gasteiger partial charge in [0.1, 0.15) is 11.5 Å². The number of hydrogen-bond acceptors (Lipinski definition) is 8. The van der Waals surface area contributed by atoms with Crippen molar-refractivity contribution >= 4 is 49.8 Å². The second kappa shape index (κ2) is 10.7. The van der Waals surface area contributed by atoms with E-state index >= 15 is 0 Å². The van der Waals surface area contributed by atoms with E-state index in [4.69, 9.17) is 4.74 Å². The maximum absolute atomic E-state index is 13.5. The summed E-state index contributed by atoms with van der Waals surface area (Å²) in [5.41, 5.74) is 1.87. The van der Waals surface area contributed by atoms with Crippen LogP contribution in [-0.2, 0) is 9.59 Å². The lowest BCUT2D eigenvalue weighted by Crippen LogP contribution is -2.29. The van der Waals surface area contributed by atoms with Gasteiger partial charge in [0.2, 0.25) is 0 Å². The largest absolute Gasteiger partial charge is 0.507 e. The van der Waals surface area contributed by atoms with Crippen LogP contribution in [0.1, 0.15) is 42.5 Å². The van der Waals surface area contributed by atoms with Crippen LogP contribution in [0.15, 0.2) is 72.3 Å². The van der Waals surface area contributed by atoms with Gasteiger partial charge in [0.05, 0.1) is 33.4 Å². The minimum absolute atomic E-state index is 0.179. The predicted molar refractivity (Wildman–Crippen MR) is 149 cm³/mol. The molecule has 5 rings (SSSR count). The van der Waals surface area contributed by atoms with Gasteiger partial charge in [-0.05, 0) is 48.7 Å². The second-order valence-corrected chi connectivity index (χ2v) is 10.2. The molecule has 1 N–H and O–H groups in total. The fourth-order valence-electron chi connectivity index (χ4n) is 4.50. The minimum Gasteiger partial charge on any atom is -0.507 e. The third-order valence-electron chi connectivity index (χ3n) is 6.45. The van der Waals surface area contributed by atoms with E-state index in [-0.39, 0.29) is 22.0 Å². The van der Waals surface area contributed by atoms with Crippen molar-refractivity contribution in [2.45, 2.75) is 32.7 Å². The molecular weight excluding hydrogens is 518 g/mol. The number of carbonyl (C=O) groups excluding carboxylic acids is 2. The molecule has 0 spiro atoms. The van der Waals surface area contributed by atoms with Gasteiger partial charge >= 0.3 is 5.91 Å². The zero-order valence-electron chi connectivity index (χ0n) is 21.3. The Kier molecular flexibility index (Phi) is 7.12. The van der Waals surface area contributed by atoms with Crippen molar-refractivity contribution in [3.05, 3.63) is 99.1 Å². The summed E-state index contributed by atoms with van der Waals surface area (Å²) in [6.45, 7) is 4.48. The van der Waals surface area contributed by atoms with Crippen molar-refractivity contribution in [1.29, 1.82) is 0 Å². The molecule has 1 aliphatic heterocycles. The average molecular weight is 544 g/mol. The number of nitro groups is 1. The van der Waals surface area contributed by atoms with Gasteiger partial charge in [0.15, 0.2) is 5.13 Å². The molecule has 1 unspecified atom stereocenters. The first kappa shape index (κ1) is 26.1. The normalized spacial score (nSPS) is 16.7. The standard InChI is InChI=1S/C29H25N3O6S/c1-3-4-13-38-21-10-6-8-19(16-21)26(33)24-25(18-7-5-9-20(15-18)32(36)37)31(28(35)27(24)34)29-30-22-12-11-17(2)14-23(22)39-29/h5-12,14-16,25,33H,3-4,13H2,1-2H3/b26-24+. The summed E-state index contributed by atoms with van der Waals surface area (Å²) < 4.78 is 6.58. The molecule has 1 saturated heterocycles. The molecule has 0 aliphatic carbocycles. The SMILES string of the molecule is CCCCOc1cccc(/C(O)=C2\C(=O)C(=O)N(c3nc4ccc(C)cc4s3)C2c2cccc([N+](=O)[O-])c2)c1. The van der Waals surface area contributed by atoms with E-state index in [0.717, 1.165) is 23.1 Å². The van der Waals surface area contributed by atoms with Gasteiger partial charge in [-0.25, -0.2) is 4.98 Å². The van der Waals surface area contributed by atoms with Crippen LogP contribution >= 0.6 is 11.3 Å². The first-order valence-electron chi connectivity index (χ1n) is 12.4. The summed E-state index contributed by atoms with van der Waals surface area (Å²) in [6, 6.07) is 16.9. The summed E-state index contributed by atoms with van der Waals surface area (Å²) in [4.78, 5) is 43.8. The number of aromatic nitrogens is 1. The highest BCUT2D eigenvalue weighted by molar-refractivity contribution is 7.22. The Bertz CT molecular complexity index is 1640. The Morgan fingerprint density at radius 1 is 1.13 bits per heavy atom. The maximum atomic E-state index is 13.5. The number of aryl methyl sites for hydroxylation is 1. The van der Waals surface area contributed by atoms with Gasteiger partial charge < -0.3 is 9.84 Å². The molecule has 9 nitrogen and oxygen atoms in total. The predicted octanol–water partition coefficient (Wildman–Crippen LogP) is 6.32. The highest BCUT2D eigenvalue weighted by Crippen LogP contribution is 2.45. The number of thiazole rings is 1. The second-order valence-electron chi connectivity index (χ2n) is 9.22. The number of benzene rings is 3. The van der Waals surface area contributed by atoms with Crippen molar-refractivity contribution < 1.29 is 24.4 Å². The average Bonchev–Trinajstić information content (AvgIpc) is 3.46. The molecule has 1 aliphatic rings. The smallest absolute Gasteiger partial charge is 0.301 e. The molecule has 1 fully saturated rings. The maximum Gasteiger partial charge on any atom is 0.301 e. The zero-order chi connectivity index (χ0) is 27.7. The molecule has 1 aromatic heterocycles. The number of hydrogen-bond donors (Lipinski definition) is 1. The first-order chi connectivity index (χ1) is 18.8. The number of ketones is 1. The highest BCUT2D eigenvalue weighted by atomic mass is 32.1. The van der Waals surface area contributed by atoms with Crippen molar-refractivity contribution in [3.63, 3.8) is 0 Å². The highest BCUT2D eigenvalue weighted by Gasteiger charge is 2.48. The number of fused-ring (bicyclic) bond motifs is 1. The molecule has 0 bridgehead atoms. The summed E-state index contributed by atoms with van der Waals surface area (Å²) in [5.74, 6) is -1.67. The Hall–Kier alpha value is -4.57. The quantitative estimate of drug-likeness (QED) is 0.0689. The van der Waals surface area contributed by atoms with Crippen LogP contribution in [0.2, 0.25) is 0 Å². The number of non-ortho nitro benzene ring substituents is 1. The molecular formula is C29H25N3O6S. The molecule has 2 heterocycles. The topological polar surface area (TPSA) is 123 Å². The van der Waals surface area contributed by atoms with Crippen LogP contribution in [0.25, 0.3) is 16.0 Å². The van der Waals surface area contributed by atoms with Gasteiger partial charge in [-0.15, -0.1) is 0 Å². The fraction of sp³-hybridized carbons (Fsp3) is 0.207. The van der Waals surface area contributed by atoms with Crippen molar-refractivity contribution in [2.24, 2.45) is 0 Å².